The molecule has 17 heavy (non-hydrogen) atoms. The van der Waals surface area contributed by atoms with E-state index in [4.69, 9.17) is 5.11 Å². The second-order valence-electron chi connectivity index (χ2n) is 4.17. The van der Waals surface area contributed by atoms with Crippen LogP contribution in [0.1, 0.15) is 0 Å². The van der Waals surface area contributed by atoms with Crippen molar-refractivity contribution < 1.29 is 9.90 Å². The van der Waals surface area contributed by atoms with Gasteiger partial charge in [-0.25, -0.2) is 9.97 Å². The number of nitrogens with zero attached hydrogens (tertiary/aromatic N) is 3. The Labute approximate surface area is 97.7 Å². The summed E-state index contributed by atoms with van der Waals surface area (Å²) in [5.41, 5.74) is 0.885. The van der Waals surface area contributed by atoms with Gasteiger partial charge in [-0.1, -0.05) is 18.2 Å². The van der Waals surface area contributed by atoms with E-state index in [2.05, 4.69) is 9.97 Å². The molecule has 0 bridgehead atoms. The Hall–Kier alpha value is -2.17. The van der Waals surface area contributed by atoms with Crippen LogP contribution in [0.5, 0.6) is 0 Å². The van der Waals surface area contributed by atoms with Crippen LogP contribution >= 0.6 is 0 Å². The minimum atomic E-state index is -0.748. The van der Waals surface area contributed by atoms with E-state index in [1.807, 2.05) is 29.2 Å². The Morgan fingerprint density at radius 2 is 2.12 bits per heavy atom. The topological polar surface area (TPSA) is 66.3 Å². The molecule has 1 aromatic heterocycles. The molecule has 0 radical (unpaired) electrons. The molecule has 0 aliphatic carbocycles. The van der Waals surface area contributed by atoms with Gasteiger partial charge in [-0.2, -0.15) is 0 Å². The molecule has 86 valence electrons. The van der Waals surface area contributed by atoms with E-state index < -0.39 is 5.97 Å². The number of aromatic nitrogens is 2. The van der Waals surface area contributed by atoms with Gasteiger partial charge in [-0.15, -0.1) is 0 Å². The summed E-state index contributed by atoms with van der Waals surface area (Å²) in [6.07, 6.45) is 1.77. The number of carbonyl (C=O) groups is 1. The molecule has 1 aromatic carbocycles. The zero-order valence-electron chi connectivity index (χ0n) is 9.08. The van der Waals surface area contributed by atoms with Crippen LogP contribution in [-0.4, -0.2) is 34.1 Å². The van der Waals surface area contributed by atoms with Crippen molar-refractivity contribution in [2.45, 2.75) is 0 Å². The Balaban J connectivity index is 1.85. The van der Waals surface area contributed by atoms with Crippen LogP contribution in [-0.2, 0) is 4.79 Å². The summed E-state index contributed by atoms with van der Waals surface area (Å²) in [4.78, 5) is 21.2. The van der Waals surface area contributed by atoms with Gasteiger partial charge in [0.05, 0.1) is 11.4 Å². The normalized spacial score (nSPS) is 15.9. The lowest BCUT2D eigenvalue weighted by molar-refractivity contribution is -0.142. The third-order valence-electron chi connectivity index (χ3n) is 2.99. The van der Waals surface area contributed by atoms with Gasteiger partial charge in [0.25, 0.3) is 0 Å². The van der Waals surface area contributed by atoms with Gasteiger partial charge in [0.1, 0.15) is 0 Å². The van der Waals surface area contributed by atoms with Crippen molar-refractivity contribution in [2.24, 2.45) is 5.92 Å². The maximum absolute atomic E-state index is 10.7. The van der Waals surface area contributed by atoms with Crippen molar-refractivity contribution >= 4 is 22.8 Å². The third-order valence-corrected chi connectivity index (χ3v) is 2.99. The Bertz CT molecular complexity index is 579. The Morgan fingerprint density at radius 3 is 2.88 bits per heavy atom. The zero-order chi connectivity index (χ0) is 11.8. The minimum absolute atomic E-state index is 0.287. The summed E-state index contributed by atoms with van der Waals surface area (Å²) in [7, 11) is 0. The van der Waals surface area contributed by atoms with Gasteiger partial charge in [0.2, 0.25) is 5.95 Å². The summed E-state index contributed by atoms with van der Waals surface area (Å²) in [6.45, 7) is 0.987. The molecule has 1 fully saturated rings. The average molecular weight is 229 g/mol. The molecule has 1 N–H and O–H groups in total. The van der Waals surface area contributed by atoms with Crippen LogP contribution in [0.15, 0.2) is 30.5 Å². The highest BCUT2D eigenvalue weighted by Crippen LogP contribution is 2.22. The molecular weight excluding hydrogens is 218 g/mol. The minimum Gasteiger partial charge on any atom is -0.481 e. The largest absolute Gasteiger partial charge is 0.481 e. The van der Waals surface area contributed by atoms with Gasteiger partial charge in [-0.05, 0) is 6.07 Å². The van der Waals surface area contributed by atoms with Gasteiger partial charge >= 0.3 is 5.97 Å². The zero-order valence-corrected chi connectivity index (χ0v) is 9.08. The van der Waals surface area contributed by atoms with Crippen molar-refractivity contribution in [3.05, 3.63) is 30.5 Å². The van der Waals surface area contributed by atoms with Crippen LogP contribution in [0.25, 0.3) is 10.9 Å². The summed E-state index contributed by atoms with van der Waals surface area (Å²) in [5.74, 6) is -0.423. The summed E-state index contributed by atoms with van der Waals surface area (Å²) >= 11 is 0. The van der Waals surface area contributed by atoms with Crippen LogP contribution in [0.2, 0.25) is 0 Å². The molecule has 0 spiro atoms. The quantitative estimate of drug-likeness (QED) is 0.836. The standard InChI is InChI=1S/C12H11N3O2/c16-11(17)9-6-15(7-9)12-13-5-8-3-1-2-4-10(8)14-12/h1-5,9H,6-7H2,(H,16,17). The molecule has 3 rings (SSSR count). The van der Waals surface area contributed by atoms with Crippen LogP contribution in [0.4, 0.5) is 5.95 Å². The maximum Gasteiger partial charge on any atom is 0.310 e. The van der Waals surface area contributed by atoms with Gasteiger partial charge < -0.3 is 10.0 Å². The second kappa shape index (κ2) is 3.69. The van der Waals surface area contributed by atoms with E-state index in [0.717, 1.165) is 10.9 Å². The van der Waals surface area contributed by atoms with Crippen molar-refractivity contribution in [3.8, 4) is 0 Å². The Kier molecular flexibility index (Phi) is 2.18. The fourth-order valence-corrected chi connectivity index (χ4v) is 1.91. The number of rotatable bonds is 2. The fraction of sp³-hybridized carbons (Fsp3) is 0.250. The van der Waals surface area contributed by atoms with E-state index in [-0.39, 0.29) is 5.92 Å². The molecule has 1 aliphatic rings. The predicted molar refractivity (Wildman–Crippen MR) is 62.9 cm³/mol. The first-order chi connectivity index (χ1) is 8.24. The number of carboxylic acids is 1. The van der Waals surface area contributed by atoms with Crippen LogP contribution in [0.3, 0.4) is 0 Å². The summed E-state index contributed by atoms with van der Waals surface area (Å²) < 4.78 is 0. The fourth-order valence-electron chi connectivity index (χ4n) is 1.91. The van der Waals surface area contributed by atoms with E-state index >= 15 is 0 Å². The highest BCUT2D eigenvalue weighted by atomic mass is 16.4. The number of anilines is 1. The molecule has 2 aromatic rings. The first-order valence-electron chi connectivity index (χ1n) is 5.43. The smallest absolute Gasteiger partial charge is 0.310 e. The highest BCUT2D eigenvalue weighted by molar-refractivity contribution is 5.79. The van der Waals surface area contributed by atoms with Gasteiger partial charge in [0.15, 0.2) is 0 Å². The summed E-state index contributed by atoms with van der Waals surface area (Å²) in [5, 5.41) is 9.79. The first-order valence-corrected chi connectivity index (χ1v) is 5.43. The lowest BCUT2D eigenvalue weighted by Gasteiger charge is -2.36. The van der Waals surface area contributed by atoms with Crippen LogP contribution in [0, 0.1) is 5.92 Å². The van der Waals surface area contributed by atoms with Crippen molar-refractivity contribution in [1.29, 1.82) is 0 Å². The molecule has 5 heteroatoms. The molecule has 1 aliphatic heterocycles. The third kappa shape index (κ3) is 1.69. The molecule has 2 heterocycles. The number of carboxylic acid groups (broad SMARTS) is 1. The van der Waals surface area contributed by atoms with Gasteiger partial charge in [0, 0.05) is 24.7 Å². The first kappa shape index (κ1) is 10.0. The van der Waals surface area contributed by atoms with Gasteiger partial charge in [-0.3, -0.25) is 4.79 Å². The molecule has 0 unspecified atom stereocenters. The molecule has 1 saturated heterocycles. The van der Waals surface area contributed by atoms with E-state index in [9.17, 15) is 4.79 Å². The number of benzene rings is 1. The molecule has 5 nitrogen and oxygen atoms in total. The number of hydrogen-bond acceptors (Lipinski definition) is 4. The van der Waals surface area contributed by atoms with Crippen molar-refractivity contribution in [1.82, 2.24) is 9.97 Å². The summed E-state index contributed by atoms with van der Waals surface area (Å²) in [6, 6.07) is 7.75. The lowest BCUT2D eigenvalue weighted by atomic mass is 10.0. The van der Waals surface area contributed by atoms with Crippen LogP contribution < -0.4 is 4.90 Å². The monoisotopic (exact) mass is 229 g/mol. The Morgan fingerprint density at radius 1 is 1.35 bits per heavy atom. The van der Waals surface area contributed by atoms with E-state index in [1.54, 1.807) is 6.20 Å². The average Bonchev–Trinajstić information content (AvgIpc) is 2.26. The number of hydrogen-bond donors (Lipinski definition) is 1. The predicted octanol–water partition coefficient (Wildman–Crippen LogP) is 1.15. The second-order valence-corrected chi connectivity index (χ2v) is 4.17. The van der Waals surface area contributed by atoms with E-state index in [0.29, 0.717) is 19.0 Å². The number of para-hydroxylation sites is 1. The SMILES string of the molecule is O=C(O)C1CN(c2ncc3ccccc3n2)C1. The number of aliphatic carboxylic acids is 1. The lowest BCUT2D eigenvalue weighted by Crippen LogP contribution is -2.51. The molecule has 0 atom stereocenters. The van der Waals surface area contributed by atoms with E-state index in [1.165, 1.54) is 0 Å². The number of fused-ring (bicyclic) bond motifs is 1. The molecule has 0 amide bonds. The molecule has 0 saturated carbocycles. The maximum atomic E-state index is 10.7. The molecular formula is C12H11N3O2. The van der Waals surface area contributed by atoms with Crippen molar-refractivity contribution in [2.75, 3.05) is 18.0 Å². The van der Waals surface area contributed by atoms with Crippen molar-refractivity contribution in [3.63, 3.8) is 0 Å². The highest BCUT2D eigenvalue weighted by Gasteiger charge is 2.33.